The van der Waals surface area contributed by atoms with Crippen molar-refractivity contribution in [2.75, 3.05) is 50.8 Å². The van der Waals surface area contributed by atoms with Gasteiger partial charge in [0.1, 0.15) is 5.75 Å². The molecule has 0 unspecified atom stereocenters. The number of anilines is 1. The highest BCUT2D eigenvalue weighted by Gasteiger charge is 2.34. The van der Waals surface area contributed by atoms with Gasteiger partial charge in [-0.25, -0.2) is 0 Å². The van der Waals surface area contributed by atoms with Gasteiger partial charge in [-0.15, -0.1) is 0 Å². The van der Waals surface area contributed by atoms with Crippen molar-refractivity contribution in [3.63, 3.8) is 0 Å². The van der Waals surface area contributed by atoms with Gasteiger partial charge in [0.2, 0.25) is 0 Å². The van der Waals surface area contributed by atoms with E-state index in [9.17, 15) is 4.79 Å². The van der Waals surface area contributed by atoms with Gasteiger partial charge in [-0.1, -0.05) is 11.3 Å². The van der Waals surface area contributed by atoms with E-state index in [1.165, 1.54) is 30.9 Å². The standard InChI is InChI=1S/C22H27N3O3S/c26-22(23-19-15-24-9-7-16(19)8-10-24)17-1-3-18(4-2-17)28-21-6-5-20(29-21)25-11-13-27-14-12-25/h1-6,16,19H,7-15H2,(H,23,26)/t19-/m0/s1. The fourth-order valence-electron chi connectivity index (χ4n) is 4.49. The van der Waals surface area contributed by atoms with Crippen LogP contribution < -0.4 is 15.0 Å². The minimum Gasteiger partial charge on any atom is -0.447 e. The molecule has 4 aliphatic heterocycles. The molecule has 7 heteroatoms. The quantitative estimate of drug-likeness (QED) is 0.816. The maximum absolute atomic E-state index is 12.7. The normalized spacial score (nSPS) is 26.3. The second kappa shape index (κ2) is 8.34. The van der Waals surface area contributed by atoms with Crippen LogP contribution in [0.1, 0.15) is 23.2 Å². The number of thiophene rings is 1. The van der Waals surface area contributed by atoms with Gasteiger partial charge in [0, 0.05) is 31.2 Å². The van der Waals surface area contributed by atoms with Crippen LogP contribution in [-0.2, 0) is 4.74 Å². The van der Waals surface area contributed by atoms with E-state index in [4.69, 9.17) is 9.47 Å². The SMILES string of the molecule is O=C(N[C@H]1CN2CCC1CC2)c1ccc(Oc2ccc(N3CCOCC3)s2)cc1. The van der Waals surface area contributed by atoms with Crippen LogP contribution in [0.25, 0.3) is 0 Å². The third kappa shape index (κ3) is 4.27. The maximum atomic E-state index is 12.7. The molecule has 2 bridgehead atoms. The van der Waals surface area contributed by atoms with Crippen molar-refractivity contribution >= 4 is 22.2 Å². The maximum Gasteiger partial charge on any atom is 0.251 e. The predicted octanol–water partition coefficient (Wildman–Crippen LogP) is 3.20. The summed E-state index contributed by atoms with van der Waals surface area (Å²) in [6.07, 6.45) is 2.40. The molecule has 1 N–H and O–H groups in total. The summed E-state index contributed by atoms with van der Waals surface area (Å²) in [7, 11) is 0. The van der Waals surface area contributed by atoms with Gasteiger partial charge in [0.25, 0.3) is 5.91 Å². The molecule has 4 saturated heterocycles. The van der Waals surface area contributed by atoms with Gasteiger partial charge in [-0.2, -0.15) is 0 Å². The van der Waals surface area contributed by atoms with Crippen molar-refractivity contribution in [1.29, 1.82) is 0 Å². The predicted molar refractivity (Wildman–Crippen MR) is 114 cm³/mol. The number of nitrogens with zero attached hydrogens (tertiary/aromatic N) is 2. The number of carbonyl (C=O) groups excluding carboxylic acids is 1. The van der Waals surface area contributed by atoms with Crippen molar-refractivity contribution < 1.29 is 14.3 Å². The average molecular weight is 414 g/mol. The molecular formula is C22H27N3O3S. The lowest BCUT2D eigenvalue weighted by Gasteiger charge is -2.44. The molecule has 2 aromatic rings. The Labute approximate surface area is 175 Å². The highest BCUT2D eigenvalue weighted by molar-refractivity contribution is 7.17. The van der Waals surface area contributed by atoms with Crippen LogP contribution in [0.4, 0.5) is 5.00 Å². The van der Waals surface area contributed by atoms with Crippen molar-refractivity contribution in [2.24, 2.45) is 5.92 Å². The van der Waals surface area contributed by atoms with Crippen LogP contribution in [0.15, 0.2) is 36.4 Å². The second-order valence-electron chi connectivity index (χ2n) is 8.04. The van der Waals surface area contributed by atoms with Crippen LogP contribution >= 0.6 is 11.3 Å². The Bertz CT molecular complexity index is 839. The lowest BCUT2D eigenvalue weighted by molar-refractivity contribution is 0.0620. The molecule has 6 nitrogen and oxygen atoms in total. The number of carbonyl (C=O) groups is 1. The molecular weight excluding hydrogens is 386 g/mol. The third-order valence-electron chi connectivity index (χ3n) is 6.20. The zero-order chi connectivity index (χ0) is 19.6. The average Bonchev–Trinajstić information content (AvgIpc) is 3.24. The number of rotatable bonds is 5. The second-order valence-corrected chi connectivity index (χ2v) is 9.06. The van der Waals surface area contributed by atoms with Crippen LogP contribution in [0.3, 0.4) is 0 Å². The van der Waals surface area contributed by atoms with Crippen molar-refractivity contribution in [3.05, 3.63) is 42.0 Å². The van der Waals surface area contributed by atoms with E-state index in [-0.39, 0.29) is 11.9 Å². The number of benzene rings is 1. The zero-order valence-electron chi connectivity index (χ0n) is 16.5. The van der Waals surface area contributed by atoms with Gasteiger partial charge >= 0.3 is 0 Å². The molecule has 1 aromatic heterocycles. The number of fused-ring (bicyclic) bond motifs is 3. The first kappa shape index (κ1) is 18.9. The first-order valence-corrected chi connectivity index (χ1v) is 11.3. The Morgan fingerprint density at radius 2 is 1.79 bits per heavy atom. The molecule has 1 amide bonds. The smallest absolute Gasteiger partial charge is 0.251 e. The van der Waals surface area contributed by atoms with Crippen LogP contribution in [0, 0.1) is 5.92 Å². The number of morpholine rings is 1. The van der Waals surface area contributed by atoms with Gasteiger partial charge < -0.3 is 24.6 Å². The van der Waals surface area contributed by atoms with E-state index < -0.39 is 0 Å². The number of piperidine rings is 3. The summed E-state index contributed by atoms with van der Waals surface area (Å²) < 4.78 is 11.4. The van der Waals surface area contributed by atoms with Gasteiger partial charge in [-0.05, 0) is 68.2 Å². The number of amides is 1. The molecule has 1 atom stereocenters. The van der Waals surface area contributed by atoms with Gasteiger partial charge in [0.05, 0.1) is 18.2 Å². The summed E-state index contributed by atoms with van der Waals surface area (Å²) in [5, 5.41) is 5.30. The Balaban J connectivity index is 1.18. The first-order chi connectivity index (χ1) is 14.2. The number of nitrogens with one attached hydrogen (secondary N) is 1. The van der Waals surface area contributed by atoms with Gasteiger partial charge in [-0.3, -0.25) is 4.79 Å². The Kier molecular flexibility index (Phi) is 5.44. The van der Waals surface area contributed by atoms with Crippen molar-refractivity contribution in [2.45, 2.75) is 18.9 Å². The summed E-state index contributed by atoms with van der Waals surface area (Å²) in [5.74, 6) is 1.40. The molecule has 0 spiro atoms. The van der Waals surface area contributed by atoms with Gasteiger partial charge in [0.15, 0.2) is 5.06 Å². The van der Waals surface area contributed by atoms with E-state index in [0.29, 0.717) is 11.5 Å². The summed E-state index contributed by atoms with van der Waals surface area (Å²) in [5.41, 5.74) is 0.689. The molecule has 4 aliphatic rings. The molecule has 0 radical (unpaired) electrons. The summed E-state index contributed by atoms with van der Waals surface area (Å²) in [6, 6.07) is 11.8. The topological polar surface area (TPSA) is 54.0 Å². The van der Waals surface area contributed by atoms with E-state index in [1.807, 2.05) is 30.3 Å². The minimum atomic E-state index is 0.0148. The van der Waals surface area contributed by atoms with E-state index in [2.05, 4.69) is 21.2 Å². The van der Waals surface area contributed by atoms with Crippen molar-refractivity contribution in [1.82, 2.24) is 10.2 Å². The largest absolute Gasteiger partial charge is 0.447 e. The van der Waals surface area contributed by atoms with E-state index in [0.717, 1.165) is 43.7 Å². The highest BCUT2D eigenvalue weighted by Crippen LogP contribution is 2.35. The van der Waals surface area contributed by atoms with Crippen molar-refractivity contribution in [3.8, 4) is 10.8 Å². The lowest BCUT2D eigenvalue weighted by Crippen LogP contribution is -2.57. The minimum absolute atomic E-state index is 0.0148. The fraction of sp³-hybridized carbons (Fsp3) is 0.500. The molecule has 154 valence electrons. The number of ether oxygens (including phenoxy) is 2. The Morgan fingerprint density at radius 3 is 2.48 bits per heavy atom. The number of hydrogen-bond donors (Lipinski definition) is 1. The van der Waals surface area contributed by atoms with Crippen LogP contribution in [-0.4, -0.2) is 62.8 Å². The molecule has 0 saturated carbocycles. The Morgan fingerprint density at radius 1 is 1.03 bits per heavy atom. The molecule has 29 heavy (non-hydrogen) atoms. The van der Waals surface area contributed by atoms with E-state index in [1.54, 1.807) is 11.3 Å². The molecule has 6 rings (SSSR count). The summed E-state index contributed by atoms with van der Waals surface area (Å²) >= 11 is 1.64. The molecule has 0 aliphatic carbocycles. The lowest BCUT2D eigenvalue weighted by atomic mass is 9.84. The summed E-state index contributed by atoms with van der Waals surface area (Å²) in [6.45, 7) is 6.74. The summed E-state index contributed by atoms with van der Waals surface area (Å²) in [4.78, 5) is 17.4. The zero-order valence-corrected chi connectivity index (χ0v) is 17.3. The Hall–Kier alpha value is -2.09. The van der Waals surface area contributed by atoms with E-state index >= 15 is 0 Å². The fourth-order valence-corrected chi connectivity index (χ4v) is 5.42. The van der Waals surface area contributed by atoms with Crippen LogP contribution in [0.5, 0.6) is 10.8 Å². The van der Waals surface area contributed by atoms with Crippen LogP contribution in [0.2, 0.25) is 0 Å². The molecule has 5 heterocycles. The molecule has 1 aromatic carbocycles. The first-order valence-electron chi connectivity index (χ1n) is 10.5. The number of hydrogen-bond acceptors (Lipinski definition) is 6. The monoisotopic (exact) mass is 413 g/mol. The third-order valence-corrected chi connectivity index (χ3v) is 7.22. The molecule has 4 fully saturated rings. The highest BCUT2D eigenvalue weighted by atomic mass is 32.1.